The molecule has 0 bridgehead atoms. The number of nitrogens with two attached hydrogens (primary N) is 1. The summed E-state index contributed by atoms with van der Waals surface area (Å²) in [4.78, 5) is 5.30. The zero-order chi connectivity index (χ0) is 20.1. The number of dihydropyridines is 1. The van der Waals surface area contributed by atoms with Gasteiger partial charge in [-0.1, -0.05) is 23.7 Å². The summed E-state index contributed by atoms with van der Waals surface area (Å²) in [5, 5.41) is 10.1. The third-order valence-corrected chi connectivity index (χ3v) is 5.82. The maximum absolute atomic E-state index is 11.4. The first-order chi connectivity index (χ1) is 13.4. The van der Waals surface area contributed by atoms with E-state index < -0.39 is 10.8 Å². The van der Waals surface area contributed by atoms with Crippen LogP contribution in [0.15, 0.2) is 58.0 Å². The van der Waals surface area contributed by atoms with Gasteiger partial charge in [0.05, 0.1) is 13.1 Å². The quantitative estimate of drug-likeness (QED) is 0.500. The Balaban J connectivity index is 1.55. The topological polar surface area (TPSA) is 101 Å². The lowest BCUT2D eigenvalue weighted by atomic mass is 10.0. The Morgan fingerprint density at radius 3 is 2.96 bits per heavy atom. The molecule has 0 aliphatic carbocycles. The van der Waals surface area contributed by atoms with Gasteiger partial charge in [-0.3, -0.25) is 4.21 Å². The van der Waals surface area contributed by atoms with E-state index in [0.29, 0.717) is 36.6 Å². The molecule has 0 saturated carbocycles. The standard InChI is InChI=1S/C19H24ClN5O2S/c1-12-14(4-3-5-15(12)20)16-10-17(25-19(21)24-16)22-8-9-27-18-7-6-13(11-23-18)28(2)26/h3-7,10,16,22-23H,8-9,11H2,1-2H3,(H3,21,24,25). The van der Waals surface area contributed by atoms with Crippen molar-refractivity contribution < 1.29 is 8.95 Å². The first kappa shape index (κ1) is 20.3. The fraction of sp³-hybridized carbons (Fsp3) is 0.316. The predicted octanol–water partition coefficient (Wildman–Crippen LogP) is 1.76. The van der Waals surface area contributed by atoms with E-state index in [4.69, 9.17) is 22.1 Å². The van der Waals surface area contributed by atoms with Crippen LogP contribution in [-0.2, 0) is 15.5 Å². The van der Waals surface area contributed by atoms with Crippen molar-refractivity contribution in [1.29, 1.82) is 0 Å². The Labute approximate surface area is 172 Å². The summed E-state index contributed by atoms with van der Waals surface area (Å²) in [5.41, 5.74) is 7.94. The van der Waals surface area contributed by atoms with Gasteiger partial charge in [0.25, 0.3) is 0 Å². The fourth-order valence-electron chi connectivity index (χ4n) is 2.87. The number of hydrogen-bond donors (Lipinski definition) is 4. The van der Waals surface area contributed by atoms with Gasteiger partial charge < -0.3 is 26.4 Å². The first-order valence-electron chi connectivity index (χ1n) is 8.86. The van der Waals surface area contributed by atoms with Crippen LogP contribution in [0.5, 0.6) is 0 Å². The first-order valence-corrected chi connectivity index (χ1v) is 10.8. The molecular weight excluding hydrogens is 398 g/mol. The number of nitrogens with zero attached hydrogens (tertiary/aromatic N) is 1. The minimum atomic E-state index is -0.965. The molecule has 9 heteroatoms. The van der Waals surface area contributed by atoms with Crippen molar-refractivity contribution in [2.24, 2.45) is 10.7 Å². The van der Waals surface area contributed by atoms with Crippen LogP contribution >= 0.6 is 11.6 Å². The molecule has 0 aromatic heterocycles. The lowest BCUT2D eigenvalue weighted by Crippen LogP contribution is -2.40. The van der Waals surface area contributed by atoms with Crippen molar-refractivity contribution >= 4 is 28.4 Å². The smallest absolute Gasteiger partial charge is 0.195 e. The molecule has 150 valence electrons. The van der Waals surface area contributed by atoms with Crippen molar-refractivity contribution in [2.45, 2.75) is 13.0 Å². The van der Waals surface area contributed by atoms with Gasteiger partial charge in [0.2, 0.25) is 0 Å². The monoisotopic (exact) mass is 421 g/mol. The number of guanidine groups is 1. The molecule has 0 spiro atoms. The van der Waals surface area contributed by atoms with E-state index >= 15 is 0 Å². The number of halogens is 1. The molecule has 28 heavy (non-hydrogen) atoms. The van der Waals surface area contributed by atoms with E-state index in [1.54, 1.807) is 12.3 Å². The molecule has 0 radical (unpaired) electrons. The molecule has 1 aromatic rings. The Morgan fingerprint density at radius 1 is 1.43 bits per heavy atom. The van der Waals surface area contributed by atoms with Gasteiger partial charge in [-0.15, -0.1) is 0 Å². The van der Waals surface area contributed by atoms with E-state index in [-0.39, 0.29) is 6.04 Å². The maximum atomic E-state index is 11.4. The molecule has 2 unspecified atom stereocenters. The Morgan fingerprint density at radius 2 is 2.25 bits per heavy atom. The second kappa shape index (κ2) is 9.16. The van der Waals surface area contributed by atoms with Crippen molar-refractivity contribution in [3.63, 3.8) is 0 Å². The van der Waals surface area contributed by atoms with Crippen LogP contribution in [0.4, 0.5) is 0 Å². The number of nitrogens with one attached hydrogen (secondary N) is 3. The van der Waals surface area contributed by atoms with Crippen LogP contribution in [0.3, 0.4) is 0 Å². The molecule has 0 saturated heterocycles. The molecule has 2 heterocycles. The second-order valence-corrected chi connectivity index (χ2v) is 8.21. The summed E-state index contributed by atoms with van der Waals surface area (Å²) in [6, 6.07) is 5.56. The fourth-order valence-corrected chi connectivity index (χ4v) is 3.58. The van der Waals surface area contributed by atoms with Crippen LogP contribution < -0.4 is 21.7 Å². The van der Waals surface area contributed by atoms with Gasteiger partial charge in [0.1, 0.15) is 18.5 Å². The molecule has 2 aliphatic rings. The van der Waals surface area contributed by atoms with Crippen molar-refractivity contribution in [3.8, 4) is 0 Å². The Hall–Kier alpha value is -2.45. The largest absolute Gasteiger partial charge is 0.477 e. The molecule has 0 amide bonds. The summed E-state index contributed by atoms with van der Waals surface area (Å²) >= 11 is 6.23. The molecule has 3 rings (SSSR count). The lowest BCUT2D eigenvalue weighted by Gasteiger charge is -2.23. The summed E-state index contributed by atoms with van der Waals surface area (Å²) in [5.74, 6) is 1.78. The zero-order valence-electron chi connectivity index (χ0n) is 15.8. The van der Waals surface area contributed by atoms with Crippen molar-refractivity contribution in [2.75, 3.05) is 26.0 Å². The highest BCUT2D eigenvalue weighted by Crippen LogP contribution is 2.28. The van der Waals surface area contributed by atoms with Crippen LogP contribution in [0.2, 0.25) is 5.02 Å². The van der Waals surface area contributed by atoms with Crippen LogP contribution in [0, 0.1) is 6.92 Å². The summed E-state index contributed by atoms with van der Waals surface area (Å²) in [7, 11) is -0.965. The molecule has 5 N–H and O–H groups in total. The predicted molar refractivity (Wildman–Crippen MR) is 114 cm³/mol. The number of aliphatic imine (C=N–C) groups is 1. The Kier molecular flexibility index (Phi) is 6.64. The van der Waals surface area contributed by atoms with Crippen LogP contribution in [-0.4, -0.2) is 36.1 Å². The number of hydrogen-bond acceptors (Lipinski definition) is 7. The molecular formula is C19H24ClN5O2S. The molecule has 7 nitrogen and oxygen atoms in total. The van der Waals surface area contributed by atoms with Gasteiger partial charge in [0.15, 0.2) is 11.8 Å². The van der Waals surface area contributed by atoms with E-state index in [1.807, 2.05) is 37.3 Å². The van der Waals surface area contributed by atoms with Gasteiger partial charge >= 0.3 is 0 Å². The summed E-state index contributed by atoms with van der Waals surface area (Å²) in [6.45, 7) is 3.53. The van der Waals surface area contributed by atoms with Crippen molar-refractivity contribution in [3.05, 3.63) is 69.2 Å². The highest BCUT2D eigenvalue weighted by Gasteiger charge is 2.18. The van der Waals surface area contributed by atoms with E-state index in [0.717, 1.165) is 21.9 Å². The second-order valence-electron chi connectivity index (χ2n) is 6.37. The van der Waals surface area contributed by atoms with E-state index in [1.165, 1.54) is 0 Å². The average Bonchev–Trinajstić information content (AvgIpc) is 2.67. The molecule has 1 aromatic carbocycles. The number of allylic oxidation sites excluding steroid dienone is 2. The van der Waals surface area contributed by atoms with Gasteiger partial charge in [-0.05, 0) is 42.3 Å². The number of rotatable bonds is 7. The van der Waals surface area contributed by atoms with Crippen LogP contribution in [0.1, 0.15) is 17.2 Å². The average molecular weight is 422 g/mol. The SMILES string of the molecule is Cc1c(Cl)cccc1C1C=C(NCCOC2=CC=C(S(C)=O)CN2)NC(N)=N1. The van der Waals surface area contributed by atoms with Gasteiger partial charge in [0, 0.05) is 27.0 Å². The minimum absolute atomic E-state index is 0.204. The van der Waals surface area contributed by atoms with Crippen LogP contribution in [0.25, 0.3) is 0 Å². The number of benzene rings is 1. The van der Waals surface area contributed by atoms with E-state index in [9.17, 15) is 4.21 Å². The lowest BCUT2D eigenvalue weighted by molar-refractivity contribution is 0.194. The zero-order valence-corrected chi connectivity index (χ0v) is 17.4. The van der Waals surface area contributed by atoms with E-state index in [2.05, 4.69) is 20.9 Å². The molecule has 2 atom stereocenters. The third kappa shape index (κ3) is 5.08. The summed E-state index contributed by atoms with van der Waals surface area (Å²) < 4.78 is 17.1. The minimum Gasteiger partial charge on any atom is -0.477 e. The van der Waals surface area contributed by atoms with Gasteiger partial charge in [-0.2, -0.15) is 0 Å². The van der Waals surface area contributed by atoms with Crippen molar-refractivity contribution in [1.82, 2.24) is 16.0 Å². The summed E-state index contributed by atoms with van der Waals surface area (Å²) in [6.07, 6.45) is 7.25. The Bertz CT molecular complexity index is 894. The third-order valence-electron chi connectivity index (χ3n) is 4.40. The maximum Gasteiger partial charge on any atom is 0.195 e. The number of ether oxygens (including phenoxy) is 1. The highest BCUT2D eigenvalue weighted by molar-refractivity contribution is 7.88. The molecule has 2 aliphatic heterocycles. The van der Waals surface area contributed by atoms with Gasteiger partial charge in [-0.25, -0.2) is 4.99 Å². The highest BCUT2D eigenvalue weighted by atomic mass is 35.5. The molecule has 0 fully saturated rings. The normalized spacial score (nSPS) is 19.9.